The van der Waals surface area contributed by atoms with Crippen molar-refractivity contribution in [1.82, 2.24) is 10.9 Å². The van der Waals surface area contributed by atoms with Gasteiger partial charge in [-0.3, -0.25) is 10.2 Å². The van der Waals surface area contributed by atoms with Gasteiger partial charge in [-0.25, -0.2) is 10.2 Å². The van der Waals surface area contributed by atoms with E-state index in [1.807, 2.05) is 13.0 Å². The van der Waals surface area contributed by atoms with Gasteiger partial charge in [0.05, 0.1) is 0 Å². The number of carbonyl (C=O) groups excluding carboxylic acids is 2. The third kappa shape index (κ3) is 5.60. The lowest BCUT2D eigenvalue weighted by Crippen LogP contribution is -2.44. The Morgan fingerprint density at radius 3 is 2.39 bits per heavy atom. The zero-order valence-corrected chi connectivity index (χ0v) is 14.9. The maximum Gasteiger partial charge on any atom is 0.461 e. The molecule has 0 spiro atoms. The van der Waals surface area contributed by atoms with E-state index < -0.39 is 30.2 Å². The van der Waals surface area contributed by atoms with E-state index in [1.54, 1.807) is 19.1 Å². The fourth-order valence-corrected chi connectivity index (χ4v) is 2.20. The average molecular weight is 399 g/mol. The predicted octanol–water partition coefficient (Wildman–Crippen LogP) is 4.01. The summed E-state index contributed by atoms with van der Waals surface area (Å²) in [4.78, 5) is 23.9. The summed E-state index contributed by atoms with van der Waals surface area (Å²) in [6.45, 7) is 3.69. The minimum Gasteiger partial charge on any atom is -0.428 e. The van der Waals surface area contributed by atoms with Gasteiger partial charge in [-0.05, 0) is 43.7 Å². The number of anilines is 1. The number of nitrogens with one attached hydrogen (secondary N) is 3. The second-order valence-electron chi connectivity index (χ2n) is 5.84. The van der Waals surface area contributed by atoms with E-state index >= 15 is 0 Å². The van der Waals surface area contributed by atoms with Crippen molar-refractivity contribution in [2.45, 2.75) is 26.4 Å². The lowest BCUT2D eigenvalue weighted by molar-refractivity contribution is -0.253. The zero-order chi connectivity index (χ0) is 20.9. The summed E-state index contributed by atoms with van der Waals surface area (Å²) in [5.74, 6) is -1.49. The molecule has 0 saturated heterocycles. The SMILES string of the molecule is Cc1ccc(NC(=O)NNC(=O)c2cccc(OC(F)(F)C(F)F)c2)c(C)c1. The number of rotatable bonds is 5. The summed E-state index contributed by atoms with van der Waals surface area (Å²) in [5, 5.41) is 2.53. The Morgan fingerprint density at radius 1 is 1.04 bits per heavy atom. The lowest BCUT2D eigenvalue weighted by Gasteiger charge is -2.17. The molecule has 2 aromatic carbocycles. The Morgan fingerprint density at radius 2 is 1.75 bits per heavy atom. The number of hydrogen-bond acceptors (Lipinski definition) is 3. The van der Waals surface area contributed by atoms with E-state index in [4.69, 9.17) is 0 Å². The molecule has 0 radical (unpaired) electrons. The second kappa shape index (κ2) is 8.59. The summed E-state index contributed by atoms with van der Waals surface area (Å²) in [7, 11) is 0. The zero-order valence-electron chi connectivity index (χ0n) is 14.9. The van der Waals surface area contributed by atoms with Crippen LogP contribution in [0.1, 0.15) is 21.5 Å². The van der Waals surface area contributed by atoms with Crippen LogP contribution in [0.5, 0.6) is 5.75 Å². The van der Waals surface area contributed by atoms with Gasteiger partial charge >= 0.3 is 18.6 Å². The topological polar surface area (TPSA) is 79.5 Å². The van der Waals surface area contributed by atoms with Crippen molar-refractivity contribution in [2.75, 3.05) is 5.32 Å². The number of ether oxygens (including phenoxy) is 1. The molecule has 0 atom stereocenters. The lowest BCUT2D eigenvalue weighted by atomic mass is 10.1. The van der Waals surface area contributed by atoms with Crippen LogP contribution in [-0.4, -0.2) is 24.5 Å². The third-order valence-electron chi connectivity index (χ3n) is 3.52. The molecule has 0 aliphatic carbocycles. The monoisotopic (exact) mass is 399 g/mol. The van der Waals surface area contributed by atoms with Crippen LogP contribution in [0.2, 0.25) is 0 Å². The van der Waals surface area contributed by atoms with E-state index in [1.165, 1.54) is 12.1 Å². The molecule has 2 rings (SSSR count). The number of halogens is 4. The second-order valence-corrected chi connectivity index (χ2v) is 5.84. The van der Waals surface area contributed by atoms with Crippen molar-refractivity contribution in [3.63, 3.8) is 0 Å². The Hall–Kier alpha value is -3.30. The normalized spacial score (nSPS) is 11.1. The van der Waals surface area contributed by atoms with E-state index in [0.29, 0.717) is 5.69 Å². The molecule has 0 aliphatic heterocycles. The van der Waals surface area contributed by atoms with E-state index in [-0.39, 0.29) is 5.56 Å². The number of urea groups is 1. The highest BCUT2D eigenvalue weighted by atomic mass is 19.3. The maximum atomic E-state index is 12.9. The van der Waals surface area contributed by atoms with Gasteiger partial charge in [0.1, 0.15) is 5.75 Å². The van der Waals surface area contributed by atoms with Crippen LogP contribution in [0.3, 0.4) is 0 Å². The Bertz CT molecular complexity index is 875. The Kier molecular flexibility index (Phi) is 6.45. The molecule has 2 aromatic rings. The van der Waals surface area contributed by atoms with Crippen molar-refractivity contribution >= 4 is 17.6 Å². The van der Waals surface area contributed by atoms with Crippen molar-refractivity contribution in [3.8, 4) is 5.75 Å². The largest absolute Gasteiger partial charge is 0.461 e. The van der Waals surface area contributed by atoms with Crippen LogP contribution < -0.4 is 20.9 Å². The summed E-state index contributed by atoms with van der Waals surface area (Å²) in [6, 6.07) is 8.83. The number of carbonyl (C=O) groups is 2. The fraction of sp³-hybridized carbons (Fsp3) is 0.222. The van der Waals surface area contributed by atoms with E-state index in [9.17, 15) is 27.2 Å². The van der Waals surface area contributed by atoms with Crippen LogP contribution in [-0.2, 0) is 0 Å². The van der Waals surface area contributed by atoms with Crippen LogP contribution >= 0.6 is 0 Å². The number of alkyl halides is 4. The molecular weight excluding hydrogens is 382 g/mol. The van der Waals surface area contributed by atoms with Gasteiger partial charge in [0, 0.05) is 11.3 Å². The predicted molar refractivity (Wildman–Crippen MR) is 93.6 cm³/mol. The van der Waals surface area contributed by atoms with Crippen molar-refractivity contribution in [2.24, 2.45) is 0 Å². The van der Waals surface area contributed by atoms with Crippen LogP contribution in [0.4, 0.5) is 28.0 Å². The van der Waals surface area contributed by atoms with Gasteiger partial charge in [-0.15, -0.1) is 0 Å². The smallest absolute Gasteiger partial charge is 0.428 e. The molecule has 0 bridgehead atoms. The molecule has 0 heterocycles. The van der Waals surface area contributed by atoms with Gasteiger partial charge < -0.3 is 10.1 Å². The molecule has 0 aliphatic rings. The van der Waals surface area contributed by atoms with Gasteiger partial charge in [-0.1, -0.05) is 23.8 Å². The molecule has 3 N–H and O–H groups in total. The summed E-state index contributed by atoms with van der Waals surface area (Å²) < 4.78 is 54.2. The summed E-state index contributed by atoms with van der Waals surface area (Å²) in [5.41, 5.74) is 6.33. The van der Waals surface area contributed by atoms with Gasteiger partial charge in [-0.2, -0.15) is 17.6 Å². The molecule has 3 amide bonds. The molecule has 0 fully saturated rings. The van der Waals surface area contributed by atoms with Crippen LogP contribution in [0.15, 0.2) is 42.5 Å². The maximum absolute atomic E-state index is 12.9. The van der Waals surface area contributed by atoms with Gasteiger partial charge in [0.15, 0.2) is 0 Å². The van der Waals surface area contributed by atoms with Gasteiger partial charge in [0.2, 0.25) is 0 Å². The van der Waals surface area contributed by atoms with Crippen molar-refractivity contribution in [1.29, 1.82) is 0 Å². The van der Waals surface area contributed by atoms with Crippen LogP contribution in [0.25, 0.3) is 0 Å². The first-order valence-corrected chi connectivity index (χ1v) is 7.98. The van der Waals surface area contributed by atoms with Gasteiger partial charge in [0.25, 0.3) is 5.91 Å². The van der Waals surface area contributed by atoms with E-state index in [2.05, 4.69) is 20.9 Å². The summed E-state index contributed by atoms with van der Waals surface area (Å²) in [6.07, 6.45) is -8.72. The third-order valence-corrected chi connectivity index (χ3v) is 3.52. The Balaban J connectivity index is 1.95. The first-order valence-electron chi connectivity index (χ1n) is 7.98. The highest BCUT2D eigenvalue weighted by Crippen LogP contribution is 2.27. The standard InChI is InChI=1S/C18H17F4N3O3/c1-10-6-7-14(11(2)8-10)23-17(27)25-24-15(26)12-4-3-5-13(9-12)28-18(21,22)16(19)20/h3-9,16H,1-2H3,(H,24,26)(H2,23,25,27). The summed E-state index contributed by atoms with van der Waals surface area (Å²) >= 11 is 0. The van der Waals surface area contributed by atoms with Crippen molar-refractivity contribution in [3.05, 3.63) is 59.2 Å². The molecule has 10 heteroatoms. The molecule has 6 nitrogen and oxygen atoms in total. The molecule has 0 saturated carbocycles. The van der Waals surface area contributed by atoms with E-state index in [0.717, 1.165) is 23.3 Å². The number of benzene rings is 2. The number of amides is 3. The molecule has 0 aromatic heterocycles. The first-order chi connectivity index (χ1) is 13.1. The minimum absolute atomic E-state index is 0.186. The average Bonchev–Trinajstić information content (AvgIpc) is 2.62. The first kappa shape index (κ1) is 21.0. The molecule has 0 unspecified atom stereocenters. The quantitative estimate of drug-likeness (QED) is 0.525. The number of hydrogen-bond donors (Lipinski definition) is 3. The molecule has 28 heavy (non-hydrogen) atoms. The fourth-order valence-electron chi connectivity index (χ4n) is 2.20. The van der Waals surface area contributed by atoms with Crippen molar-refractivity contribution < 1.29 is 31.9 Å². The number of aryl methyl sites for hydroxylation is 2. The number of hydrazine groups is 1. The molecule has 150 valence electrons. The highest BCUT2D eigenvalue weighted by Gasteiger charge is 2.44. The Labute approximate surface area is 157 Å². The minimum atomic E-state index is -4.70. The highest BCUT2D eigenvalue weighted by molar-refractivity contribution is 5.97. The van der Waals surface area contributed by atoms with Crippen LogP contribution in [0, 0.1) is 13.8 Å². The molecular formula is C18H17F4N3O3.